The summed E-state index contributed by atoms with van der Waals surface area (Å²) in [5, 5.41) is 0. The summed E-state index contributed by atoms with van der Waals surface area (Å²) < 4.78 is 0. The van der Waals surface area contributed by atoms with Gasteiger partial charge in [0.05, 0.1) is 5.41 Å². The fourth-order valence-electron chi connectivity index (χ4n) is 10.7. The van der Waals surface area contributed by atoms with Gasteiger partial charge in [-0.2, -0.15) is 0 Å². The van der Waals surface area contributed by atoms with Gasteiger partial charge >= 0.3 is 0 Å². The van der Waals surface area contributed by atoms with Crippen molar-refractivity contribution in [3.05, 3.63) is 209 Å². The van der Waals surface area contributed by atoms with Crippen LogP contribution >= 0.6 is 0 Å². The average Bonchev–Trinajstić information content (AvgIpc) is 3.77. The fourth-order valence-corrected chi connectivity index (χ4v) is 10.7. The molecule has 1 heteroatoms. The number of fused-ring (bicyclic) bond motifs is 12. The van der Waals surface area contributed by atoms with Crippen molar-refractivity contribution in [2.45, 2.75) is 43.9 Å². The Labute approximate surface area is 313 Å². The van der Waals surface area contributed by atoms with Crippen molar-refractivity contribution < 1.29 is 0 Å². The lowest BCUT2D eigenvalue weighted by atomic mass is 9.64. The molecule has 0 saturated heterocycles. The van der Waals surface area contributed by atoms with Crippen molar-refractivity contribution in [3.8, 4) is 22.3 Å². The predicted molar refractivity (Wildman–Crippen MR) is 222 cm³/mol. The first-order valence-corrected chi connectivity index (χ1v) is 19.3. The summed E-state index contributed by atoms with van der Waals surface area (Å²) in [6, 6.07) is 52.7. The summed E-state index contributed by atoms with van der Waals surface area (Å²) in [6.45, 7) is 4.73. The van der Waals surface area contributed by atoms with Gasteiger partial charge in [0.2, 0.25) is 0 Å². The molecule has 0 aliphatic heterocycles. The number of nitrogens with zero attached hydrogens (tertiary/aromatic N) is 1. The van der Waals surface area contributed by atoms with E-state index in [1.807, 2.05) is 0 Å². The molecule has 0 heterocycles. The summed E-state index contributed by atoms with van der Waals surface area (Å²) in [7, 11) is 0. The van der Waals surface area contributed by atoms with Crippen LogP contribution in [0.15, 0.2) is 175 Å². The highest BCUT2D eigenvalue weighted by molar-refractivity contribution is 5.95. The zero-order valence-corrected chi connectivity index (χ0v) is 30.3. The number of hydrogen-bond acceptors (Lipinski definition) is 1. The van der Waals surface area contributed by atoms with E-state index in [1.54, 1.807) is 5.57 Å². The van der Waals surface area contributed by atoms with E-state index >= 15 is 0 Å². The third-order valence-electron chi connectivity index (χ3n) is 13.0. The molecule has 1 nitrogen and oxygen atoms in total. The number of benzene rings is 6. The fraction of sp³-hybridized carbons (Fsp3) is 0.154. The molecule has 53 heavy (non-hydrogen) atoms. The van der Waals surface area contributed by atoms with Gasteiger partial charge in [0, 0.05) is 28.4 Å². The van der Waals surface area contributed by atoms with E-state index in [4.69, 9.17) is 0 Å². The van der Waals surface area contributed by atoms with Gasteiger partial charge in [-0.3, -0.25) is 0 Å². The maximum absolute atomic E-state index is 2.56. The highest BCUT2D eigenvalue weighted by Crippen LogP contribution is 2.66. The van der Waals surface area contributed by atoms with Gasteiger partial charge in [0.1, 0.15) is 0 Å². The van der Waals surface area contributed by atoms with Crippen LogP contribution in [-0.2, 0) is 10.8 Å². The minimum Gasteiger partial charge on any atom is -0.310 e. The number of rotatable bonds is 4. The molecule has 0 saturated carbocycles. The molecule has 0 radical (unpaired) electrons. The molecule has 11 rings (SSSR count). The van der Waals surface area contributed by atoms with E-state index in [-0.39, 0.29) is 10.8 Å². The van der Waals surface area contributed by atoms with E-state index in [9.17, 15) is 0 Å². The number of allylic oxidation sites excluding steroid dienone is 8. The van der Waals surface area contributed by atoms with Gasteiger partial charge in [0.25, 0.3) is 0 Å². The zero-order chi connectivity index (χ0) is 35.3. The van der Waals surface area contributed by atoms with Crippen molar-refractivity contribution >= 4 is 28.2 Å². The van der Waals surface area contributed by atoms with Crippen LogP contribution in [0.4, 0.5) is 17.1 Å². The number of anilines is 3. The monoisotopic (exact) mass is 679 g/mol. The molecule has 5 aliphatic rings. The van der Waals surface area contributed by atoms with Crippen LogP contribution in [0.25, 0.3) is 33.4 Å². The average molecular weight is 680 g/mol. The lowest BCUT2D eigenvalue weighted by molar-refractivity contribution is 0.490. The van der Waals surface area contributed by atoms with Gasteiger partial charge in [-0.15, -0.1) is 0 Å². The molecule has 1 spiro atoms. The minimum atomic E-state index is -0.214. The molecular formula is C52H41N. The molecule has 5 aliphatic carbocycles. The smallest absolute Gasteiger partial charge is 0.0538 e. The topological polar surface area (TPSA) is 3.24 Å². The largest absolute Gasteiger partial charge is 0.310 e. The van der Waals surface area contributed by atoms with E-state index in [0.717, 1.165) is 24.9 Å². The minimum absolute atomic E-state index is 0.0422. The first-order chi connectivity index (χ1) is 26.0. The molecule has 0 bridgehead atoms. The molecule has 0 N–H and O–H groups in total. The zero-order valence-electron chi connectivity index (χ0n) is 30.3. The quantitative estimate of drug-likeness (QED) is 0.179. The van der Waals surface area contributed by atoms with E-state index in [0.29, 0.717) is 5.92 Å². The Bertz CT molecular complexity index is 2610. The summed E-state index contributed by atoms with van der Waals surface area (Å²) >= 11 is 0. The van der Waals surface area contributed by atoms with Crippen LogP contribution in [0.3, 0.4) is 0 Å². The Morgan fingerprint density at radius 3 is 2.08 bits per heavy atom. The first-order valence-electron chi connectivity index (χ1n) is 19.3. The molecule has 0 amide bonds. The third kappa shape index (κ3) is 4.20. The van der Waals surface area contributed by atoms with Gasteiger partial charge in [0.15, 0.2) is 0 Å². The maximum Gasteiger partial charge on any atom is 0.0538 e. The summed E-state index contributed by atoms with van der Waals surface area (Å²) in [4.78, 5) is 2.50. The Balaban J connectivity index is 1.14. The summed E-state index contributed by atoms with van der Waals surface area (Å²) in [6.07, 6.45) is 15.2. The Kier molecular flexibility index (Phi) is 6.54. The van der Waals surface area contributed by atoms with Crippen LogP contribution in [0, 0.1) is 5.92 Å². The highest BCUT2D eigenvalue weighted by Gasteiger charge is 2.56. The predicted octanol–water partition coefficient (Wildman–Crippen LogP) is 13.5. The maximum atomic E-state index is 2.56. The molecule has 6 aromatic carbocycles. The van der Waals surface area contributed by atoms with Gasteiger partial charge in [-0.1, -0.05) is 147 Å². The van der Waals surface area contributed by atoms with Crippen molar-refractivity contribution in [1.82, 2.24) is 0 Å². The third-order valence-corrected chi connectivity index (χ3v) is 13.0. The van der Waals surface area contributed by atoms with Crippen molar-refractivity contribution in [2.24, 2.45) is 5.92 Å². The van der Waals surface area contributed by atoms with Crippen LogP contribution in [0.2, 0.25) is 0 Å². The van der Waals surface area contributed by atoms with Crippen LogP contribution in [0.5, 0.6) is 0 Å². The second-order valence-electron chi connectivity index (χ2n) is 15.9. The molecule has 2 atom stereocenters. The standard InChI is InChI=1S/C52H41N/c1-51(2)45-20-10-6-19-42(45)44-32-37(29-31-46(44)51)53(36-26-24-35(25-27-36)34-14-4-3-5-15-34)38-28-30-43-41-18-9-13-23-49(41)52(50(43)33-38)47-21-11-7-16-39(47)40-17-8-12-22-48(40)52/h3-7,9-16,18-22,24-33,49H,8,17,23H2,1-2H3. The van der Waals surface area contributed by atoms with Crippen LogP contribution < -0.4 is 4.90 Å². The summed E-state index contributed by atoms with van der Waals surface area (Å²) in [5.41, 5.74) is 21.5. The van der Waals surface area contributed by atoms with Crippen LogP contribution in [-0.4, -0.2) is 0 Å². The molecule has 254 valence electrons. The van der Waals surface area contributed by atoms with Gasteiger partial charge < -0.3 is 4.90 Å². The Morgan fingerprint density at radius 2 is 1.23 bits per heavy atom. The normalized spacial score (nSPS) is 20.7. The SMILES string of the molecule is CC1(C)c2ccccc2-c2cc(N(c3ccc(-c4ccccc4)cc3)c3ccc4c(c3)C3(C5=C(CCC=C5)c5ccccc53)C3CC=CC=C43)ccc21. The summed E-state index contributed by atoms with van der Waals surface area (Å²) in [5.74, 6) is 0.367. The molecule has 6 aromatic rings. The Morgan fingerprint density at radius 1 is 0.547 bits per heavy atom. The van der Waals surface area contributed by atoms with Gasteiger partial charge in [-0.25, -0.2) is 0 Å². The number of hydrogen-bond donors (Lipinski definition) is 0. The molecule has 2 unspecified atom stereocenters. The molecule has 0 fully saturated rings. The second kappa shape index (κ2) is 11.3. The van der Waals surface area contributed by atoms with E-state index in [2.05, 4.69) is 189 Å². The van der Waals surface area contributed by atoms with Crippen molar-refractivity contribution in [1.29, 1.82) is 0 Å². The Hall–Kier alpha value is -5.92. The second-order valence-corrected chi connectivity index (χ2v) is 15.9. The van der Waals surface area contributed by atoms with Crippen LogP contribution in [0.1, 0.15) is 66.5 Å². The van der Waals surface area contributed by atoms with E-state index in [1.165, 1.54) is 78.2 Å². The molecule has 0 aromatic heterocycles. The lowest BCUT2D eigenvalue weighted by Gasteiger charge is -2.38. The molecular weight excluding hydrogens is 639 g/mol. The van der Waals surface area contributed by atoms with Gasteiger partial charge in [-0.05, 0) is 128 Å². The van der Waals surface area contributed by atoms with Crippen molar-refractivity contribution in [2.75, 3.05) is 4.90 Å². The van der Waals surface area contributed by atoms with E-state index < -0.39 is 0 Å². The highest BCUT2D eigenvalue weighted by atomic mass is 15.1. The lowest BCUT2D eigenvalue weighted by Crippen LogP contribution is -2.33. The first kappa shape index (κ1) is 30.7. The van der Waals surface area contributed by atoms with Crippen molar-refractivity contribution in [3.63, 3.8) is 0 Å².